The first kappa shape index (κ1) is 21.3. The first-order chi connectivity index (χ1) is 14.2. The molecule has 1 amide bonds. The number of benzene rings is 2. The molecule has 1 aliphatic rings. The van der Waals surface area contributed by atoms with Crippen LogP contribution in [0.15, 0.2) is 48.5 Å². The van der Waals surface area contributed by atoms with Gasteiger partial charge in [-0.3, -0.25) is 4.79 Å². The van der Waals surface area contributed by atoms with Crippen LogP contribution in [0.4, 0.5) is 0 Å². The van der Waals surface area contributed by atoms with Crippen molar-refractivity contribution in [3.05, 3.63) is 69.6 Å². The zero-order valence-corrected chi connectivity index (χ0v) is 19.4. The minimum absolute atomic E-state index is 0.00529. The minimum atomic E-state index is -3.12. The Morgan fingerprint density at radius 3 is 2.47 bits per heavy atom. The van der Waals surface area contributed by atoms with Crippen LogP contribution >= 0.6 is 22.9 Å². The lowest BCUT2D eigenvalue weighted by Gasteiger charge is -2.28. The van der Waals surface area contributed by atoms with Crippen LogP contribution in [0.2, 0.25) is 5.02 Å². The number of rotatable bonds is 5. The Morgan fingerprint density at radius 2 is 1.87 bits per heavy atom. The molecule has 1 fully saturated rings. The average molecular weight is 462 g/mol. The maximum absolute atomic E-state index is 13.6. The molecule has 2 aromatic carbocycles. The largest absolute Gasteiger partial charge is 0.330 e. The summed E-state index contributed by atoms with van der Waals surface area (Å²) in [6.07, 6.45) is 0.459. The van der Waals surface area contributed by atoms with Crippen LogP contribution in [-0.4, -0.2) is 36.8 Å². The van der Waals surface area contributed by atoms with Crippen molar-refractivity contribution in [3.8, 4) is 0 Å². The lowest BCUT2D eigenvalue weighted by Crippen LogP contribution is -2.40. The van der Waals surface area contributed by atoms with E-state index in [1.807, 2.05) is 36.4 Å². The highest BCUT2D eigenvalue weighted by Gasteiger charge is 2.36. The number of hydrogen-bond donors (Lipinski definition) is 0. The lowest BCUT2D eigenvalue weighted by atomic mass is 10.0. The third-order valence-electron chi connectivity index (χ3n) is 5.64. The Bertz CT molecular complexity index is 1180. The number of carbonyl (C=O) groups excluding carboxylic acids is 1. The normalized spacial score (nSPS) is 18.2. The molecule has 1 aliphatic heterocycles. The second-order valence-electron chi connectivity index (χ2n) is 8.13. The first-order valence-corrected chi connectivity index (χ1v) is 13.0. The molecule has 0 unspecified atom stereocenters. The van der Waals surface area contributed by atoms with Gasteiger partial charge in [-0.25, -0.2) is 8.42 Å². The molecule has 30 heavy (non-hydrogen) atoms. The van der Waals surface area contributed by atoms with Crippen LogP contribution in [0.5, 0.6) is 0 Å². The molecule has 3 aromatic rings. The van der Waals surface area contributed by atoms with E-state index in [0.29, 0.717) is 28.8 Å². The van der Waals surface area contributed by atoms with E-state index in [0.717, 1.165) is 15.6 Å². The van der Waals surface area contributed by atoms with Gasteiger partial charge >= 0.3 is 0 Å². The van der Waals surface area contributed by atoms with Gasteiger partial charge in [0.25, 0.3) is 5.91 Å². The van der Waals surface area contributed by atoms with Crippen LogP contribution in [0.1, 0.15) is 47.0 Å². The predicted molar refractivity (Wildman–Crippen MR) is 124 cm³/mol. The van der Waals surface area contributed by atoms with Gasteiger partial charge in [0.15, 0.2) is 9.84 Å². The molecule has 0 N–H and O–H groups in total. The number of amides is 1. The number of hydrogen-bond acceptors (Lipinski definition) is 4. The maximum atomic E-state index is 13.6. The van der Waals surface area contributed by atoms with Crippen LogP contribution < -0.4 is 0 Å². The highest BCUT2D eigenvalue weighted by Crippen LogP contribution is 2.37. The summed E-state index contributed by atoms with van der Waals surface area (Å²) < 4.78 is 25.2. The zero-order valence-electron chi connectivity index (χ0n) is 17.0. The fourth-order valence-electron chi connectivity index (χ4n) is 3.87. The van der Waals surface area contributed by atoms with Crippen molar-refractivity contribution in [2.24, 2.45) is 0 Å². The molecule has 0 saturated carbocycles. The molecule has 0 aliphatic carbocycles. The van der Waals surface area contributed by atoms with Crippen molar-refractivity contribution in [1.29, 1.82) is 0 Å². The van der Waals surface area contributed by atoms with E-state index in [4.69, 9.17) is 11.6 Å². The van der Waals surface area contributed by atoms with Crippen molar-refractivity contribution in [2.45, 2.75) is 38.8 Å². The van der Waals surface area contributed by atoms with Crippen molar-refractivity contribution < 1.29 is 13.2 Å². The van der Waals surface area contributed by atoms with Crippen molar-refractivity contribution in [1.82, 2.24) is 4.90 Å². The molecule has 0 bridgehead atoms. The van der Waals surface area contributed by atoms with Gasteiger partial charge in [0.1, 0.15) is 4.88 Å². The summed E-state index contributed by atoms with van der Waals surface area (Å²) >= 11 is 7.93. The highest BCUT2D eigenvalue weighted by molar-refractivity contribution is 7.91. The number of carbonyl (C=O) groups is 1. The number of nitrogens with zero attached hydrogens (tertiary/aromatic N) is 1. The number of thiophene rings is 1. The van der Waals surface area contributed by atoms with Gasteiger partial charge < -0.3 is 4.90 Å². The van der Waals surface area contributed by atoms with E-state index >= 15 is 0 Å². The Labute approximate surface area is 186 Å². The molecule has 7 heteroatoms. The van der Waals surface area contributed by atoms with E-state index in [-0.39, 0.29) is 23.5 Å². The standard InChI is InChI=1S/C23H24ClNO3S2/c1-15(2)17-9-7-16(8-10-17)13-25(18-11-12-30(27,28)14-18)23(26)22-21(24)19-5-3-4-6-20(19)29-22/h3-10,15,18H,11-14H2,1-2H3/t18-/m1/s1. The molecule has 1 aromatic heterocycles. The van der Waals surface area contributed by atoms with Gasteiger partial charge in [0, 0.05) is 22.7 Å². The third-order valence-corrected chi connectivity index (χ3v) is 9.05. The van der Waals surface area contributed by atoms with E-state index in [1.165, 1.54) is 16.9 Å². The maximum Gasteiger partial charge on any atom is 0.266 e. The minimum Gasteiger partial charge on any atom is -0.330 e. The summed E-state index contributed by atoms with van der Waals surface area (Å²) in [6, 6.07) is 15.5. The van der Waals surface area contributed by atoms with Crippen LogP contribution in [0.25, 0.3) is 10.1 Å². The van der Waals surface area contributed by atoms with Crippen LogP contribution in [-0.2, 0) is 16.4 Å². The highest BCUT2D eigenvalue weighted by atomic mass is 35.5. The fraction of sp³-hybridized carbons (Fsp3) is 0.348. The smallest absolute Gasteiger partial charge is 0.266 e. The summed E-state index contributed by atoms with van der Waals surface area (Å²) in [5.41, 5.74) is 2.21. The third kappa shape index (κ3) is 4.27. The van der Waals surface area contributed by atoms with E-state index in [2.05, 4.69) is 26.0 Å². The summed E-state index contributed by atoms with van der Waals surface area (Å²) in [5, 5.41) is 1.30. The molecular weight excluding hydrogens is 438 g/mol. The quantitative estimate of drug-likeness (QED) is 0.503. The monoisotopic (exact) mass is 461 g/mol. The van der Waals surface area contributed by atoms with Gasteiger partial charge in [-0.1, -0.05) is 67.9 Å². The Kier molecular flexibility index (Phi) is 5.93. The molecule has 0 spiro atoms. The average Bonchev–Trinajstić information content (AvgIpc) is 3.25. The van der Waals surface area contributed by atoms with E-state index < -0.39 is 9.84 Å². The SMILES string of the molecule is CC(C)c1ccc(CN(C(=O)c2sc3ccccc3c2Cl)[C@@H]2CCS(=O)(=O)C2)cc1. The molecule has 4 rings (SSSR count). The molecule has 1 saturated heterocycles. The van der Waals surface area contributed by atoms with Crippen LogP contribution in [0, 0.1) is 0 Å². The van der Waals surface area contributed by atoms with Crippen molar-refractivity contribution in [2.75, 3.05) is 11.5 Å². The van der Waals surface area contributed by atoms with E-state index in [9.17, 15) is 13.2 Å². The molecule has 4 nitrogen and oxygen atoms in total. The van der Waals surface area contributed by atoms with Gasteiger partial charge in [-0.2, -0.15) is 0 Å². The summed E-state index contributed by atoms with van der Waals surface area (Å²) in [6.45, 7) is 4.64. The second kappa shape index (κ2) is 8.33. The van der Waals surface area contributed by atoms with Crippen LogP contribution in [0.3, 0.4) is 0 Å². The van der Waals surface area contributed by atoms with Crippen molar-refractivity contribution >= 4 is 48.8 Å². The lowest BCUT2D eigenvalue weighted by molar-refractivity contribution is 0.0686. The second-order valence-corrected chi connectivity index (χ2v) is 11.8. The molecule has 2 heterocycles. The predicted octanol–water partition coefficient (Wildman–Crippen LogP) is 5.51. The Balaban J connectivity index is 1.69. The summed E-state index contributed by atoms with van der Waals surface area (Å²) in [7, 11) is -3.12. The summed E-state index contributed by atoms with van der Waals surface area (Å²) in [5.74, 6) is 0.351. The summed E-state index contributed by atoms with van der Waals surface area (Å²) in [4.78, 5) is 15.7. The van der Waals surface area contributed by atoms with Gasteiger partial charge in [0.05, 0.1) is 16.5 Å². The Morgan fingerprint density at radius 1 is 1.17 bits per heavy atom. The molecule has 1 atom stereocenters. The number of sulfone groups is 1. The van der Waals surface area contributed by atoms with E-state index in [1.54, 1.807) is 4.90 Å². The number of halogens is 1. The fourth-order valence-corrected chi connectivity index (χ4v) is 7.07. The van der Waals surface area contributed by atoms with Gasteiger partial charge in [-0.15, -0.1) is 11.3 Å². The zero-order chi connectivity index (χ0) is 21.5. The Hall–Kier alpha value is -1.89. The van der Waals surface area contributed by atoms with Gasteiger partial charge in [-0.05, 0) is 29.5 Å². The first-order valence-electron chi connectivity index (χ1n) is 10.0. The van der Waals surface area contributed by atoms with Crippen molar-refractivity contribution in [3.63, 3.8) is 0 Å². The molecular formula is C23H24ClNO3S2. The molecule has 0 radical (unpaired) electrons. The topological polar surface area (TPSA) is 54.5 Å². The van der Waals surface area contributed by atoms with Gasteiger partial charge in [0.2, 0.25) is 0 Å². The molecule has 158 valence electrons. The number of fused-ring (bicyclic) bond motifs is 1.